The van der Waals surface area contributed by atoms with Gasteiger partial charge in [0.15, 0.2) is 0 Å². The van der Waals surface area contributed by atoms with Crippen molar-refractivity contribution < 1.29 is 19.4 Å². The van der Waals surface area contributed by atoms with Gasteiger partial charge in [-0.3, -0.25) is 14.5 Å². The second-order valence-corrected chi connectivity index (χ2v) is 8.86. The Morgan fingerprint density at radius 3 is 2.71 bits per heavy atom. The zero-order valence-electron chi connectivity index (χ0n) is 19.2. The van der Waals surface area contributed by atoms with Gasteiger partial charge < -0.3 is 20.1 Å². The third kappa shape index (κ3) is 4.60. The van der Waals surface area contributed by atoms with Crippen LogP contribution < -0.4 is 10.2 Å². The molecule has 2 aromatic carbocycles. The smallest absolute Gasteiger partial charge is 0.255 e. The van der Waals surface area contributed by atoms with Crippen molar-refractivity contribution in [1.29, 1.82) is 0 Å². The number of rotatable bonds is 5. The van der Waals surface area contributed by atoms with E-state index in [0.29, 0.717) is 49.5 Å². The molecule has 2 aliphatic heterocycles. The average Bonchev–Trinajstić information content (AvgIpc) is 3.25. The summed E-state index contributed by atoms with van der Waals surface area (Å²) in [5.41, 5.74) is 4.60. The van der Waals surface area contributed by atoms with Gasteiger partial charge in [0.2, 0.25) is 11.8 Å². The summed E-state index contributed by atoms with van der Waals surface area (Å²) in [5.74, 6) is -0.107. The maximum absolute atomic E-state index is 13.1. The number of carbonyl (C=O) groups is 2. The van der Waals surface area contributed by atoms with Crippen LogP contribution in [0.1, 0.15) is 34.3 Å². The van der Waals surface area contributed by atoms with Crippen LogP contribution >= 0.6 is 0 Å². The minimum atomic E-state index is -0.216. The molecule has 0 bridgehead atoms. The van der Waals surface area contributed by atoms with Crippen LogP contribution in [0.2, 0.25) is 0 Å². The van der Waals surface area contributed by atoms with Crippen LogP contribution in [0.15, 0.2) is 42.5 Å². The minimum Gasteiger partial charge on any atom is -0.493 e. The number of fused-ring (bicyclic) bond motifs is 1. The zero-order chi connectivity index (χ0) is 23.7. The summed E-state index contributed by atoms with van der Waals surface area (Å²) in [6.45, 7) is 6.28. The Hall–Kier alpha value is -3.49. The van der Waals surface area contributed by atoms with E-state index in [1.165, 1.54) is 0 Å². The first-order valence-corrected chi connectivity index (χ1v) is 11.6. The summed E-state index contributed by atoms with van der Waals surface area (Å²) >= 11 is 0. The first-order valence-electron chi connectivity index (χ1n) is 11.6. The van der Waals surface area contributed by atoms with E-state index in [1.807, 2.05) is 30.0 Å². The maximum Gasteiger partial charge on any atom is 0.255 e. The molecule has 0 radical (unpaired) electrons. The number of ether oxygens (including phenoxy) is 1. The molecule has 1 aromatic heterocycles. The third-order valence-corrected chi connectivity index (χ3v) is 6.46. The number of hydrogen-bond acceptors (Lipinski definition) is 6. The Balaban J connectivity index is 1.42. The fourth-order valence-corrected chi connectivity index (χ4v) is 4.68. The molecule has 2 N–H and O–H groups in total. The van der Waals surface area contributed by atoms with Crippen LogP contribution in [0.3, 0.4) is 0 Å². The highest BCUT2D eigenvalue weighted by molar-refractivity contribution is 6.06. The molecule has 2 fully saturated rings. The second-order valence-electron chi connectivity index (χ2n) is 8.86. The molecule has 0 saturated carbocycles. The van der Waals surface area contributed by atoms with Gasteiger partial charge in [0.05, 0.1) is 18.7 Å². The topological polar surface area (TPSA) is 95.0 Å². The second kappa shape index (κ2) is 9.40. The Bertz CT molecular complexity index is 1250. The van der Waals surface area contributed by atoms with Gasteiger partial charge in [0, 0.05) is 61.0 Å². The molecule has 3 aromatic rings. The molecule has 8 heteroatoms. The van der Waals surface area contributed by atoms with E-state index in [9.17, 15) is 14.7 Å². The molecule has 176 valence electrons. The first kappa shape index (κ1) is 22.3. The highest BCUT2D eigenvalue weighted by atomic mass is 16.5. The van der Waals surface area contributed by atoms with Crippen molar-refractivity contribution in [3.63, 3.8) is 0 Å². The number of aromatic hydroxyl groups is 1. The van der Waals surface area contributed by atoms with Crippen LogP contribution in [0, 0.1) is 6.92 Å². The van der Waals surface area contributed by atoms with E-state index in [1.54, 1.807) is 24.3 Å². The van der Waals surface area contributed by atoms with Crippen molar-refractivity contribution in [1.82, 2.24) is 9.88 Å². The Labute approximate surface area is 198 Å². The Kier molecular flexibility index (Phi) is 6.17. The van der Waals surface area contributed by atoms with Crippen LogP contribution in [-0.4, -0.2) is 59.7 Å². The number of nitrogens with zero attached hydrogens (tertiary/aromatic N) is 3. The van der Waals surface area contributed by atoms with E-state index >= 15 is 0 Å². The number of carbonyl (C=O) groups excluding carboxylic acids is 2. The summed E-state index contributed by atoms with van der Waals surface area (Å²) in [6.07, 6.45) is 1.42. The molecule has 8 nitrogen and oxygen atoms in total. The number of benzene rings is 2. The molecular formula is C26H28N4O4. The quantitative estimate of drug-likeness (QED) is 0.606. The van der Waals surface area contributed by atoms with E-state index < -0.39 is 0 Å². The molecule has 2 aliphatic rings. The van der Waals surface area contributed by atoms with Gasteiger partial charge in [-0.25, -0.2) is 4.98 Å². The van der Waals surface area contributed by atoms with Gasteiger partial charge in [0.1, 0.15) is 0 Å². The SMILES string of the molecule is Cc1cc(O)nc2ccc(NC(=O)c3ccc(N4CCCC4=O)c(CN4CCOCC4)c3)cc12. The molecule has 5 rings (SSSR count). The fraction of sp³-hybridized carbons (Fsp3) is 0.346. The standard InChI is InChI=1S/C26H28N4O4/c1-17-13-24(31)28-22-6-5-20(15-21(17)22)27-26(33)18-4-7-23(30-8-2-3-25(30)32)19(14-18)16-29-9-11-34-12-10-29/h4-7,13-15H,2-3,8-12,16H2,1H3,(H,27,33)(H,28,31). The Morgan fingerprint density at radius 2 is 1.94 bits per heavy atom. The van der Waals surface area contributed by atoms with E-state index in [4.69, 9.17) is 4.74 Å². The lowest BCUT2D eigenvalue weighted by molar-refractivity contribution is -0.117. The van der Waals surface area contributed by atoms with E-state index in [0.717, 1.165) is 41.7 Å². The number of hydrogen-bond donors (Lipinski definition) is 2. The Morgan fingerprint density at radius 1 is 1.12 bits per heavy atom. The molecule has 0 atom stereocenters. The predicted octanol–water partition coefficient (Wildman–Crippen LogP) is 3.46. The summed E-state index contributed by atoms with van der Waals surface area (Å²) in [5, 5.41) is 13.6. The van der Waals surface area contributed by atoms with Crippen molar-refractivity contribution >= 4 is 34.1 Å². The first-order chi connectivity index (χ1) is 16.5. The third-order valence-electron chi connectivity index (χ3n) is 6.46. The molecule has 3 heterocycles. The largest absolute Gasteiger partial charge is 0.493 e. The molecule has 2 saturated heterocycles. The monoisotopic (exact) mass is 460 g/mol. The van der Waals surface area contributed by atoms with Crippen molar-refractivity contribution in [2.24, 2.45) is 0 Å². The number of aryl methyl sites for hydroxylation is 1. The number of amides is 2. The summed E-state index contributed by atoms with van der Waals surface area (Å²) < 4.78 is 5.47. The van der Waals surface area contributed by atoms with Gasteiger partial charge in [-0.2, -0.15) is 0 Å². The van der Waals surface area contributed by atoms with Crippen LogP contribution in [0.25, 0.3) is 10.9 Å². The van der Waals surface area contributed by atoms with Gasteiger partial charge in [0.25, 0.3) is 5.91 Å². The van der Waals surface area contributed by atoms with Crippen molar-refractivity contribution in [2.75, 3.05) is 43.1 Å². The zero-order valence-corrected chi connectivity index (χ0v) is 19.2. The normalized spacial score (nSPS) is 16.9. The number of nitrogens with one attached hydrogen (secondary N) is 1. The molecule has 0 spiro atoms. The van der Waals surface area contributed by atoms with E-state index in [-0.39, 0.29) is 17.7 Å². The van der Waals surface area contributed by atoms with Crippen molar-refractivity contribution in [3.8, 4) is 5.88 Å². The number of aromatic nitrogens is 1. The summed E-state index contributed by atoms with van der Waals surface area (Å²) in [7, 11) is 0. The summed E-state index contributed by atoms with van der Waals surface area (Å²) in [4.78, 5) is 33.8. The molecule has 2 amide bonds. The van der Waals surface area contributed by atoms with Gasteiger partial charge >= 0.3 is 0 Å². The molecule has 0 unspecified atom stereocenters. The van der Waals surface area contributed by atoms with Crippen LogP contribution in [0.5, 0.6) is 5.88 Å². The highest BCUT2D eigenvalue weighted by Crippen LogP contribution is 2.29. The van der Waals surface area contributed by atoms with Crippen LogP contribution in [0.4, 0.5) is 11.4 Å². The number of pyridine rings is 1. The molecule has 34 heavy (non-hydrogen) atoms. The number of anilines is 2. The average molecular weight is 461 g/mol. The summed E-state index contributed by atoms with van der Waals surface area (Å²) in [6, 6.07) is 12.6. The minimum absolute atomic E-state index is 0.0221. The van der Waals surface area contributed by atoms with Gasteiger partial charge in [-0.1, -0.05) is 0 Å². The van der Waals surface area contributed by atoms with Crippen molar-refractivity contribution in [2.45, 2.75) is 26.3 Å². The lowest BCUT2D eigenvalue weighted by atomic mass is 10.1. The molecular weight excluding hydrogens is 432 g/mol. The van der Waals surface area contributed by atoms with Crippen LogP contribution in [-0.2, 0) is 16.1 Å². The van der Waals surface area contributed by atoms with Crippen molar-refractivity contribution in [3.05, 3.63) is 59.2 Å². The fourth-order valence-electron chi connectivity index (χ4n) is 4.68. The van der Waals surface area contributed by atoms with E-state index in [2.05, 4.69) is 15.2 Å². The van der Waals surface area contributed by atoms with Gasteiger partial charge in [-0.15, -0.1) is 0 Å². The highest BCUT2D eigenvalue weighted by Gasteiger charge is 2.25. The predicted molar refractivity (Wildman–Crippen MR) is 130 cm³/mol. The molecule has 0 aliphatic carbocycles. The lowest BCUT2D eigenvalue weighted by Gasteiger charge is -2.29. The maximum atomic E-state index is 13.1. The van der Waals surface area contributed by atoms with Gasteiger partial charge in [-0.05, 0) is 60.9 Å². The number of morpholine rings is 1. The lowest BCUT2D eigenvalue weighted by Crippen LogP contribution is -2.36.